The van der Waals surface area contributed by atoms with Crippen LogP contribution in [-0.2, 0) is 9.47 Å². The van der Waals surface area contributed by atoms with Crippen molar-refractivity contribution in [3.63, 3.8) is 0 Å². The molecule has 13 heteroatoms. The number of hydrogen-bond acceptors (Lipinski definition) is 10. The molecule has 0 atom stereocenters. The van der Waals surface area contributed by atoms with Crippen molar-refractivity contribution in [3.05, 3.63) is 54.2 Å². The molecule has 0 heterocycles. The number of aliphatic hydroxyl groups is 2. The topological polar surface area (TPSA) is 194 Å². The van der Waals surface area contributed by atoms with Crippen LogP contribution in [0.3, 0.4) is 0 Å². The highest BCUT2D eigenvalue weighted by atomic mass is 16.8. The molecule has 0 amide bonds. The summed E-state index contributed by atoms with van der Waals surface area (Å²) in [5.74, 6) is -2.60. The third-order valence-corrected chi connectivity index (χ3v) is 3.06. The molecule has 0 aromatic rings. The van der Waals surface area contributed by atoms with Gasteiger partial charge in [-0.1, -0.05) is 0 Å². The number of ether oxygens (including phenoxy) is 2. The molecule has 1 aliphatic rings. The molecule has 0 fully saturated rings. The molecule has 140 valence electrons. The van der Waals surface area contributed by atoms with E-state index in [2.05, 4.69) is 0 Å². The molecule has 0 saturated heterocycles. The summed E-state index contributed by atoms with van der Waals surface area (Å²) >= 11 is 0. The third kappa shape index (κ3) is 4.69. The summed E-state index contributed by atoms with van der Waals surface area (Å²) in [5, 5.41) is 62.2. The van der Waals surface area contributed by atoms with Crippen molar-refractivity contribution in [2.24, 2.45) is 0 Å². The van der Waals surface area contributed by atoms with Crippen molar-refractivity contribution in [1.29, 1.82) is 0 Å². The lowest BCUT2D eigenvalue weighted by atomic mass is 10.00. The zero-order valence-corrected chi connectivity index (χ0v) is 12.9. The fourth-order valence-corrected chi connectivity index (χ4v) is 1.99. The van der Waals surface area contributed by atoms with E-state index in [9.17, 15) is 30.6 Å². The van der Waals surface area contributed by atoms with Crippen LogP contribution in [0.15, 0.2) is 23.5 Å². The molecular weight excluding hydrogens is 346 g/mol. The Kier molecular flexibility index (Phi) is 7.38. The normalized spacial score (nSPS) is 16.2. The van der Waals surface area contributed by atoms with Gasteiger partial charge < -0.3 is 30.1 Å². The predicted molar refractivity (Wildman–Crippen MR) is 80.2 cm³/mol. The van der Waals surface area contributed by atoms with E-state index in [1.54, 1.807) is 0 Å². The SMILES string of the molecule is O=[N+]([O-])C1=CC(=[N+]([O-])[O-])C=C([N+](=O)[O-])C1(OCCCO)OCCCO. The summed E-state index contributed by atoms with van der Waals surface area (Å²) in [6.07, 6.45) is 1.02. The van der Waals surface area contributed by atoms with E-state index < -0.39 is 37.6 Å². The number of rotatable bonds is 10. The number of hydrogen-bond donors (Lipinski definition) is 2. The van der Waals surface area contributed by atoms with Crippen LogP contribution < -0.4 is 0 Å². The fraction of sp³-hybridized carbons (Fsp3) is 0.583. The minimum Gasteiger partial charge on any atom is -0.612 e. The zero-order valence-electron chi connectivity index (χ0n) is 12.9. The first-order valence-electron chi connectivity index (χ1n) is 7.04. The van der Waals surface area contributed by atoms with Gasteiger partial charge in [0.15, 0.2) is 0 Å². The molecule has 0 bridgehead atoms. The lowest BCUT2D eigenvalue weighted by Crippen LogP contribution is -2.48. The van der Waals surface area contributed by atoms with E-state index in [1.165, 1.54) is 0 Å². The Bertz CT molecular complexity index is 562. The Hall–Kier alpha value is -2.61. The molecule has 0 aliphatic heterocycles. The summed E-state index contributed by atoms with van der Waals surface area (Å²) < 4.78 is 10.4. The molecule has 0 radical (unpaired) electrons. The highest BCUT2D eigenvalue weighted by Gasteiger charge is 2.59. The van der Waals surface area contributed by atoms with Gasteiger partial charge in [-0.2, -0.15) is 4.90 Å². The Morgan fingerprint density at radius 3 is 1.56 bits per heavy atom. The van der Waals surface area contributed by atoms with Gasteiger partial charge in [0.25, 0.3) is 0 Å². The second kappa shape index (κ2) is 9.03. The molecular formula is C12H16N3O10-. The maximum Gasteiger partial charge on any atom is 0.356 e. The largest absolute Gasteiger partial charge is 0.612 e. The second-order valence-electron chi connectivity index (χ2n) is 4.72. The average Bonchev–Trinajstić information content (AvgIpc) is 2.54. The van der Waals surface area contributed by atoms with Crippen LogP contribution in [-0.4, -0.2) is 62.9 Å². The molecule has 0 saturated carbocycles. The summed E-state index contributed by atoms with van der Waals surface area (Å²) in [6.45, 7) is -1.40. The fourth-order valence-electron chi connectivity index (χ4n) is 1.99. The van der Waals surface area contributed by atoms with Crippen molar-refractivity contribution in [2.45, 2.75) is 18.6 Å². The molecule has 2 N–H and O–H groups in total. The first kappa shape index (κ1) is 20.4. The quantitative estimate of drug-likeness (QED) is 0.164. The standard InChI is InChI=1S/C12H16N3O10/c16-3-1-5-24-12(25-6-2-4-17)10(14(20)21)7-9(13(18)19)8-11(12)15(22)23/h7-8,16-17H,1-6H2/q-1. The number of aliphatic hydroxyl groups excluding tert-OH is 2. The molecule has 0 unspecified atom stereocenters. The van der Waals surface area contributed by atoms with Crippen LogP contribution in [0.1, 0.15) is 12.8 Å². The highest BCUT2D eigenvalue weighted by Crippen LogP contribution is 2.36. The van der Waals surface area contributed by atoms with Crippen LogP contribution in [0.5, 0.6) is 0 Å². The van der Waals surface area contributed by atoms with E-state index in [4.69, 9.17) is 19.7 Å². The van der Waals surface area contributed by atoms with E-state index in [1.807, 2.05) is 0 Å². The van der Waals surface area contributed by atoms with Crippen molar-refractivity contribution in [3.8, 4) is 0 Å². The predicted octanol–water partition coefficient (Wildman–Crippen LogP) is -0.735. The second-order valence-corrected chi connectivity index (χ2v) is 4.72. The maximum absolute atomic E-state index is 11.4. The Labute approximate surface area is 140 Å². The summed E-state index contributed by atoms with van der Waals surface area (Å²) in [5.41, 5.74) is -2.95. The lowest BCUT2D eigenvalue weighted by Gasteiger charge is -2.29. The van der Waals surface area contributed by atoms with Crippen molar-refractivity contribution < 1.29 is 34.4 Å². The van der Waals surface area contributed by atoms with Crippen LogP contribution in [0, 0.1) is 30.6 Å². The minimum absolute atomic E-state index is 0.00704. The molecule has 0 spiro atoms. The summed E-state index contributed by atoms with van der Waals surface area (Å²) in [7, 11) is 0. The summed E-state index contributed by atoms with van der Waals surface area (Å²) in [6, 6.07) is 0. The summed E-state index contributed by atoms with van der Waals surface area (Å²) in [4.78, 5) is 19.6. The van der Waals surface area contributed by atoms with E-state index in [0.717, 1.165) is 0 Å². The smallest absolute Gasteiger partial charge is 0.356 e. The minimum atomic E-state index is -2.60. The van der Waals surface area contributed by atoms with Crippen molar-refractivity contribution >= 4 is 5.71 Å². The van der Waals surface area contributed by atoms with Gasteiger partial charge in [-0.3, -0.25) is 20.2 Å². The zero-order chi connectivity index (χ0) is 19.0. The van der Waals surface area contributed by atoms with E-state index in [-0.39, 0.29) is 39.3 Å². The molecule has 1 rings (SSSR count). The Balaban J connectivity index is 3.48. The molecule has 1 aliphatic carbocycles. The lowest BCUT2D eigenvalue weighted by molar-refractivity contribution is -0.505. The van der Waals surface area contributed by atoms with Gasteiger partial charge in [0, 0.05) is 13.2 Å². The molecule has 0 aromatic heterocycles. The van der Waals surface area contributed by atoms with Crippen LogP contribution >= 0.6 is 0 Å². The van der Waals surface area contributed by atoms with E-state index >= 15 is 0 Å². The van der Waals surface area contributed by atoms with Gasteiger partial charge in [0.2, 0.25) is 5.71 Å². The van der Waals surface area contributed by atoms with Gasteiger partial charge in [-0.05, 0) is 12.8 Å². The average molecular weight is 362 g/mol. The molecule has 0 aromatic carbocycles. The van der Waals surface area contributed by atoms with Crippen LogP contribution in [0.2, 0.25) is 0 Å². The number of nitrogens with zero attached hydrogens (tertiary/aromatic N) is 3. The maximum atomic E-state index is 11.4. The van der Waals surface area contributed by atoms with Gasteiger partial charge in [-0.25, -0.2) is 0 Å². The highest BCUT2D eigenvalue weighted by molar-refractivity contribution is 6.02. The van der Waals surface area contributed by atoms with Crippen molar-refractivity contribution in [1.82, 2.24) is 0 Å². The first-order chi connectivity index (χ1) is 11.8. The number of nitro groups is 2. The van der Waals surface area contributed by atoms with Gasteiger partial charge in [0.05, 0.1) is 35.2 Å². The molecule has 25 heavy (non-hydrogen) atoms. The Morgan fingerprint density at radius 2 is 1.28 bits per heavy atom. The van der Waals surface area contributed by atoms with Crippen molar-refractivity contribution in [2.75, 3.05) is 26.4 Å². The van der Waals surface area contributed by atoms with Gasteiger partial charge >= 0.3 is 17.2 Å². The molecule has 13 nitrogen and oxygen atoms in total. The van der Waals surface area contributed by atoms with Gasteiger partial charge in [-0.15, -0.1) is 0 Å². The van der Waals surface area contributed by atoms with Crippen LogP contribution in [0.25, 0.3) is 0 Å². The van der Waals surface area contributed by atoms with E-state index in [0.29, 0.717) is 12.2 Å². The van der Waals surface area contributed by atoms with Crippen LogP contribution in [0.4, 0.5) is 0 Å². The third-order valence-electron chi connectivity index (χ3n) is 3.06. The van der Waals surface area contributed by atoms with Gasteiger partial charge in [0.1, 0.15) is 0 Å². The first-order valence-corrected chi connectivity index (χ1v) is 7.04. The number of allylic oxidation sites excluding steroid dienone is 2. The Morgan fingerprint density at radius 1 is 0.880 bits per heavy atom. The monoisotopic (exact) mass is 362 g/mol.